The standard InChI is InChI=1S/C15H18BrClN2/c16-12-4-5-14-13(10-12)18-15(6-8-17)19(14)9-7-11-2-1-3-11/h4-5,10-11H,1-3,6-9H2. The number of aromatic nitrogens is 2. The smallest absolute Gasteiger partial charge is 0.111 e. The minimum atomic E-state index is 0.633. The molecule has 1 aliphatic rings. The van der Waals surface area contributed by atoms with Crippen molar-refractivity contribution in [2.24, 2.45) is 5.92 Å². The second kappa shape index (κ2) is 5.84. The minimum Gasteiger partial charge on any atom is -0.328 e. The van der Waals surface area contributed by atoms with Crippen LogP contribution in [0.15, 0.2) is 22.7 Å². The van der Waals surface area contributed by atoms with Gasteiger partial charge in [0.05, 0.1) is 11.0 Å². The summed E-state index contributed by atoms with van der Waals surface area (Å²) in [7, 11) is 0. The number of benzene rings is 1. The first-order chi connectivity index (χ1) is 9.28. The number of hydrogen-bond acceptors (Lipinski definition) is 1. The summed E-state index contributed by atoms with van der Waals surface area (Å²) in [6.45, 7) is 1.08. The topological polar surface area (TPSA) is 17.8 Å². The second-order valence-electron chi connectivity index (χ2n) is 5.34. The van der Waals surface area contributed by atoms with Gasteiger partial charge >= 0.3 is 0 Å². The van der Waals surface area contributed by atoms with Crippen molar-refractivity contribution in [3.05, 3.63) is 28.5 Å². The fourth-order valence-corrected chi connectivity index (χ4v) is 3.29. The summed E-state index contributed by atoms with van der Waals surface area (Å²) in [5.41, 5.74) is 2.31. The monoisotopic (exact) mass is 340 g/mol. The quantitative estimate of drug-likeness (QED) is 0.716. The van der Waals surface area contributed by atoms with Crippen LogP contribution in [0.3, 0.4) is 0 Å². The number of nitrogens with zero attached hydrogens (tertiary/aromatic N) is 2. The fraction of sp³-hybridized carbons (Fsp3) is 0.533. The van der Waals surface area contributed by atoms with E-state index in [1.165, 1.54) is 31.2 Å². The van der Waals surface area contributed by atoms with E-state index in [9.17, 15) is 0 Å². The van der Waals surface area contributed by atoms with E-state index in [4.69, 9.17) is 16.6 Å². The van der Waals surface area contributed by atoms with Crippen molar-refractivity contribution in [2.75, 3.05) is 5.88 Å². The van der Waals surface area contributed by atoms with Crippen LogP contribution in [-0.2, 0) is 13.0 Å². The molecule has 0 amide bonds. The summed E-state index contributed by atoms with van der Waals surface area (Å²) in [6.07, 6.45) is 6.35. The molecule has 1 aromatic carbocycles. The minimum absolute atomic E-state index is 0.633. The number of aryl methyl sites for hydroxylation is 2. The first-order valence-electron chi connectivity index (χ1n) is 6.98. The molecule has 0 atom stereocenters. The molecule has 3 rings (SSSR count). The van der Waals surface area contributed by atoms with E-state index >= 15 is 0 Å². The number of imidazole rings is 1. The maximum Gasteiger partial charge on any atom is 0.111 e. The molecule has 0 radical (unpaired) electrons. The Bertz CT molecular complexity index is 575. The van der Waals surface area contributed by atoms with Crippen LogP contribution in [0, 0.1) is 5.92 Å². The molecule has 1 heterocycles. The van der Waals surface area contributed by atoms with Gasteiger partial charge in [0, 0.05) is 23.3 Å². The Morgan fingerprint density at radius 2 is 2.21 bits per heavy atom. The molecule has 4 heteroatoms. The average molecular weight is 342 g/mol. The first kappa shape index (κ1) is 13.4. The Labute approximate surface area is 127 Å². The van der Waals surface area contributed by atoms with E-state index in [1.807, 2.05) is 0 Å². The highest BCUT2D eigenvalue weighted by Gasteiger charge is 2.18. The summed E-state index contributed by atoms with van der Waals surface area (Å²) >= 11 is 9.42. The van der Waals surface area contributed by atoms with Crippen LogP contribution in [0.4, 0.5) is 0 Å². The zero-order valence-corrected chi connectivity index (χ0v) is 13.3. The summed E-state index contributed by atoms with van der Waals surface area (Å²) in [6, 6.07) is 6.34. The van der Waals surface area contributed by atoms with Crippen LogP contribution in [0.5, 0.6) is 0 Å². The van der Waals surface area contributed by atoms with Gasteiger partial charge in [0.2, 0.25) is 0 Å². The predicted octanol–water partition coefficient (Wildman–Crippen LogP) is 4.77. The maximum atomic E-state index is 5.91. The lowest BCUT2D eigenvalue weighted by molar-refractivity contribution is 0.282. The Hall–Kier alpha value is -0.540. The van der Waals surface area contributed by atoms with Gasteiger partial charge in [-0.15, -0.1) is 11.6 Å². The average Bonchev–Trinajstić information content (AvgIpc) is 2.65. The number of fused-ring (bicyclic) bond motifs is 1. The van der Waals surface area contributed by atoms with Gasteiger partial charge in [0.15, 0.2) is 0 Å². The molecular weight excluding hydrogens is 324 g/mol. The summed E-state index contributed by atoms with van der Waals surface area (Å²) < 4.78 is 3.45. The number of rotatable bonds is 5. The molecule has 102 valence electrons. The van der Waals surface area contributed by atoms with Gasteiger partial charge in [-0.25, -0.2) is 4.98 Å². The number of halogens is 2. The largest absolute Gasteiger partial charge is 0.328 e. The fourth-order valence-electron chi connectivity index (χ4n) is 2.77. The van der Waals surface area contributed by atoms with Crippen molar-refractivity contribution >= 4 is 38.6 Å². The molecule has 2 aromatic rings. The highest BCUT2D eigenvalue weighted by Crippen LogP contribution is 2.31. The molecule has 0 bridgehead atoms. The molecule has 19 heavy (non-hydrogen) atoms. The lowest BCUT2D eigenvalue weighted by atomic mass is 9.83. The van der Waals surface area contributed by atoms with Gasteiger partial charge in [-0.2, -0.15) is 0 Å². The van der Waals surface area contributed by atoms with Gasteiger partial charge in [-0.1, -0.05) is 35.2 Å². The predicted molar refractivity (Wildman–Crippen MR) is 83.8 cm³/mol. The van der Waals surface area contributed by atoms with E-state index in [0.717, 1.165) is 34.7 Å². The van der Waals surface area contributed by atoms with E-state index in [-0.39, 0.29) is 0 Å². The molecule has 0 unspecified atom stereocenters. The zero-order valence-electron chi connectivity index (χ0n) is 10.9. The number of hydrogen-bond donors (Lipinski definition) is 0. The Kier molecular flexibility index (Phi) is 4.13. The molecule has 0 spiro atoms. The SMILES string of the molecule is ClCCc1nc2cc(Br)ccc2n1CCC1CCC1. The molecule has 1 aromatic heterocycles. The zero-order chi connectivity index (χ0) is 13.2. The third-order valence-corrected chi connectivity index (χ3v) is 4.78. The maximum absolute atomic E-state index is 5.91. The van der Waals surface area contributed by atoms with Crippen LogP contribution in [0.2, 0.25) is 0 Å². The van der Waals surface area contributed by atoms with Crippen molar-refractivity contribution in [1.82, 2.24) is 9.55 Å². The second-order valence-corrected chi connectivity index (χ2v) is 6.63. The van der Waals surface area contributed by atoms with E-state index in [0.29, 0.717) is 5.88 Å². The van der Waals surface area contributed by atoms with Crippen molar-refractivity contribution < 1.29 is 0 Å². The third kappa shape index (κ3) is 2.82. The highest BCUT2D eigenvalue weighted by atomic mass is 79.9. The highest BCUT2D eigenvalue weighted by molar-refractivity contribution is 9.10. The van der Waals surface area contributed by atoms with Gasteiger partial charge in [-0.05, 0) is 30.5 Å². The van der Waals surface area contributed by atoms with Crippen LogP contribution < -0.4 is 0 Å². The van der Waals surface area contributed by atoms with Crippen molar-refractivity contribution in [1.29, 1.82) is 0 Å². The molecule has 1 aliphatic carbocycles. The lowest BCUT2D eigenvalue weighted by Crippen LogP contribution is -2.15. The normalized spacial score (nSPS) is 15.9. The number of alkyl halides is 1. The van der Waals surface area contributed by atoms with Crippen LogP contribution in [-0.4, -0.2) is 15.4 Å². The van der Waals surface area contributed by atoms with E-state index in [1.54, 1.807) is 0 Å². The summed E-state index contributed by atoms with van der Waals surface area (Å²) in [5.74, 6) is 2.69. The Morgan fingerprint density at radius 1 is 1.37 bits per heavy atom. The Morgan fingerprint density at radius 3 is 2.89 bits per heavy atom. The first-order valence-corrected chi connectivity index (χ1v) is 8.31. The van der Waals surface area contributed by atoms with Crippen molar-refractivity contribution in [3.63, 3.8) is 0 Å². The van der Waals surface area contributed by atoms with Crippen LogP contribution >= 0.6 is 27.5 Å². The third-order valence-electron chi connectivity index (χ3n) is 4.09. The van der Waals surface area contributed by atoms with Crippen LogP contribution in [0.1, 0.15) is 31.5 Å². The van der Waals surface area contributed by atoms with Gasteiger partial charge in [0.25, 0.3) is 0 Å². The molecule has 0 aliphatic heterocycles. The molecule has 0 N–H and O–H groups in total. The van der Waals surface area contributed by atoms with E-state index in [2.05, 4.69) is 38.7 Å². The molecular formula is C15H18BrClN2. The lowest BCUT2D eigenvalue weighted by Gasteiger charge is -2.25. The molecule has 1 fully saturated rings. The van der Waals surface area contributed by atoms with Gasteiger partial charge < -0.3 is 4.57 Å². The van der Waals surface area contributed by atoms with E-state index < -0.39 is 0 Å². The molecule has 0 saturated heterocycles. The van der Waals surface area contributed by atoms with Gasteiger partial charge in [-0.3, -0.25) is 0 Å². The Balaban J connectivity index is 1.90. The summed E-state index contributed by atoms with van der Waals surface area (Å²) in [4.78, 5) is 4.73. The molecule has 1 saturated carbocycles. The summed E-state index contributed by atoms with van der Waals surface area (Å²) in [5, 5.41) is 0. The van der Waals surface area contributed by atoms with Gasteiger partial charge in [0.1, 0.15) is 5.82 Å². The van der Waals surface area contributed by atoms with Crippen LogP contribution in [0.25, 0.3) is 11.0 Å². The van der Waals surface area contributed by atoms with Crippen molar-refractivity contribution in [3.8, 4) is 0 Å². The molecule has 2 nitrogen and oxygen atoms in total. The van der Waals surface area contributed by atoms with Crippen molar-refractivity contribution in [2.45, 2.75) is 38.6 Å².